The van der Waals surface area contributed by atoms with E-state index in [0.717, 1.165) is 5.75 Å². The number of hydrogen-bond acceptors (Lipinski definition) is 3. The number of likely N-dealkylation sites (N-methyl/N-ethyl adjacent to an activating group) is 1. The number of rotatable bonds is 6. The summed E-state index contributed by atoms with van der Waals surface area (Å²) < 4.78 is 11.2. The third kappa shape index (κ3) is 3.03. The average Bonchev–Trinajstić information content (AvgIpc) is 2.35. The predicted molar refractivity (Wildman–Crippen MR) is 73.0 cm³/mol. The molecule has 0 heterocycles. The van der Waals surface area contributed by atoms with Gasteiger partial charge >= 0.3 is 0 Å². The van der Waals surface area contributed by atoms with E-state index >= 15 is 0 Å². The van der Waals surface area contributed by atoms with Crippen molar-refractivity contribution in [1.29, 1.82) is 0 Å². The molecule has 0 aliphatic heterocycles. The average molecular weight is 249 g/mol. The van der Waals surface area contributed by atoms with Gasteiger partial charge in [0, 0.05) is 0 Å². The van der Waals surface area contributed by atoms with E-state index in [0.29, 0.717) is 6.10 Å². The third-order valence-electron chi connectivity index (χ3n) is 3.71. The molecule has 3 nitrogen and oxygen atoms in total. The van der Waals surface area contributed by atoms with E-state index in [4.69, 9.17) is 9.47 Å². The Labute approximate surface area is 109 Å². The van der Waals surface area contributed by atoms with E-state index in [1.807, 2.05) is 19.2 Å². The molecule has 1 aliphatic rings. The molecule has 1 saturated carbocycles. The van der Waals surface area contributed by atoms with Gasteiger partial charge in [-0.15, -0.1) is 0 Å². The molecule has 0 amide bonds. The summed E-state index contributed by atoms with van der Waals surface area (Å²) in [5, 5.41) is 3.34. The van der Waals surface area contributed by atoms with Crippen LogP contribution in [0.15, 0.2) is 24.3 Å². The minimum atomic E-state index is 0.189. The first kappa shape index (κ1) is 13.4. The van der Waals surface area contributed by atoms with E-state index < -0.39 is 0 Å². The molecule has 2 rings (SSSR count). The summed E-state index contributed by atoms with van der Waals surface area (Å²) in [6.45, 7) is 2.14. The maximum Gasteiger partial charge on any atom is 0.118 e. The zero-order valence-corrected chi connectivity index (χ0v) is 11.5. The minimum Gasteiger partial charge on any atom is -0.497 e. The maximum absolute atomic E-state index is 6.06. The maximum atomic E-state index is 6.06. The normalized spacial score (nSPS) is 19.1. The molecule has 0 saturated heterocycles. The van der Waals surface area contributed by atoms with E-state index in [2.05, 4.69) is 24.4 Å². The Bertz CT molecular complexity index is 359. The van der Waals surface area contributed by atoms with Crippen molar-refractivity contribution < 1.29 is 9.47 Å². The lowest BCUT2D eigenvalue weighted by molar-refractivity contribution is -0.0573. The van der Waals surface area contributed by atoms with Crippen LogP contribution in [0.25, 0.3) is 0 Å². The van der Waals surface area contributed by atoms with Crippen molar-refractivity contribution in [2.75, 3.05) is 14.2 Å². The fraction of sp³-hybridized carbons (Fsp3) is 0.600. The highest BCUT2D eigenvalue weighted by atomic mass is 16.5. The zero-order valence-electron chi connectivity index (χ0n) is 11.5. The number of hydrogen-bond donors (Lipinski definition) is 1. The van der Waals surface area contributed by atoms with Gasteiger partial charge < -0.3 is 14.8 Å². The Morgan fingerprint density at radius 2 is 1.89 bits per heavy atom. The number of methoxy groups -OCH3 is 1. The first-order valence-corrected chi connectivity index (χ1v) is 6.71. The predicted octanol–water partition coefficient (Wildman–Crippen LogP) is 2.91. The van der Waals surface area contributed by atoms with E-state index in [-0.39, 0.29) is 12.1 Å². The zero-order chi connectivity index (χ0) is 13.0. The molecule has 3 heteroatoms. The molecule has 2 atom stereocenters. The van der Waals surface area contributed by atoms with Crippen LogP contribution in [0.5, 0.6) is 5.75 Å². The highest BCUT2D eigenvalue weighted by Gasteiger charge is 2.25. The Morgan fingerprint density at radius 1 is 1.22 bits per heavy atom. The van der Waals surface area contributed by atoms with Crippen molar-refractivity contribution in [3.8, 4) is 5.75 Å². The third-order valence-corrected chi connectivity index (χ3v) is 3.71. The monoisotopic (exact) mass is 249 g/mol. The molecular formula is C15H23NO2. The molecule has 1 aromatic carbocycles. The summed E-state index contributed by atoms with van der Waals surface area (Å²) in [6, 6.07) is 8.42. The van der Waals surface area contributed by atoms with Gasteiger partial charge in [-0.2, -0.15) is 0 Å². The Balaban J connectivity index is 2.00. The molecular weight excluding hydrogens is 226 g/mol. The van der Waals surface area contributed by atoms with Gasteiger partial charge in [-0.05, 0) is 50.9 Å². The van der Waals surface area contributed by atoms with Crippen LogP contribution in [0.4, 0.5) is 0 Å². The quantitative estimate of drug-likeness (QED) is 0.841. The van der Waals surface area contributed by atoms with Gasteiger partial charge in [-0.3, -0.25) is 0 Å². The van der Waals surface area contributed by atoms with Crippen LogP contribution < -0.4 is 10.1 Å². The second-order valence-corrected chi connectivity index (χ2v) is 4.93. The number of nitrogens with one attached hydrogen (secondary N) is 1. The van der Waals surface area contributed by atoms with Crippen LogP contribution in [-0.4, -0.2) is 26.4 Å². The lowest BCUT2D eigenvalue weighted by atomic mass is 9.95. The summed E-state index contributed by atoms with van der Waals surface area (Å²) in [6.07, 6.45) is 4.39. The largest absolute Gasteiger partial charge is 0.497 e. The summed E-state index contributed by atoms with van der Waals surface area (Å²) >= 11 is 0. The lowest BCUT2D eigenvalue weighted by Crippen LogP contribution is -2.35. The fourth-order valence-electron chi connectivity index (χ4n) is 2.37. The Kier molecular flexibility index (Phi) is 4.61. The minimum absolute atomic E-state index is 0.189. The van der Waals surface area contributed by atoms with Gasteiger partial charge in [0.15, 0.2) is 0 Å². The van der Waals surface area contributed by atoms with Gasteiger partial charge in [0.1, 0.15) is 5.75 Å². The van der Waals surface area contributed by atoms with Gasteiger partial charge in [0.25, 0.3) is 0 Å². The first-order chi connectivity index (χ1) is 8.74. The second-order valence-electron chi connectivity index (χ2n) is 4.93. The Morgan fingerprint density at radius 3 is 2.33 bits per heavy atom. The molecule has 2 unspecified atom stereocenters. The molecule has 0 bridgehead atoms. The van der Waals surface area contributed by atoms with E-state index in [1.54, 1.807) is 7.11 Å². The highest BCUT2D eigenvalue weighted by Crippen LogP contribution is 2.28. The number of benzene rings is 1. The standard InChI is InChI=1S/C15H23NO2/c1-11(18-14-5-4-6-14)15(16-2)12-7-9-13(17-3)10-8-12/h7-11,14-16H,4-6H2,1-3H3. The lowest BCUT2D eigenvalue weighted by Gasteiger charge is -2.33. The van der Waals surface area contributed by atoms with Crippen LogP contribution in [0, 0.1) is 0 Å². The van der Waals surface area contributed by atoms with Crippen molar-refractivity contribution in [2.24, 2.45) is 0 Å². The highest BCUT2D eigenvalue weighted by molar-refractivity contribution is 5.29. The summed E-state index contributed by atoms with van der Waals surface area (Å²) in [4.78, 5) is 0. The second kappa shape index (κ2) is 6.21. The van der Waals surface area contributed by atoms with Crippen molar-refractivity contribution in [1.82, 2.24) is 5.32 Å². The van der Waals surface area contributed by atoms with Crippen LogP contribution >= 0.6 is 0 Å². The van der Waals surface area contributed by atoms with Crippen LogP contribution in [-0.2, 0) is 4.74 Å². The van der Waals surface area contributed by atoms with E-state index in [9.17, 15) is 0 Å². The van der Waals surface area contributed by atoms with Gasteiger partial charge in [-0.1, -0.05) is 12.1 Å². The fourth-order valence-corrected chi connectivity index (χ4v) is 2.37. The smallest absolute Gasteiger partial charge is 0.118 e. The van der Waals surface area contributed by atoms with Crippen molar-refractivity contribution in [2.45, 2.75) is 44.4 Å². The molecule has 0 spiro atoms. The van der Waals surface area contributed by atoms with Crippen molar-refractivity contribution >= 4 is 0 Å². The van der Waals surface area contributed by atoms with Crippen LogP contribution in [0.3, 0.4) is 0 Å². The van der Waals surface area contributed by atoms with Crippen LogP contribution in [0.1, 0.15) is 37.8 Å². The summed E-state index contributed by atoms with van der Waals surface area (Å²) in [5.74, 6) is 0.890. The molecule has 0 aromatic heterocycles. The van der Waals surface area contributed by atoms with E-state index in [1.165, 1.54) is 24.8 Å². The molecule has 100 valence electrons. The van der Waals surface area contributed by atoms with Gasteiger partial charge in [0.05, 0.1) is 25.4 Å². The molecule has 1 fully saturated rings. The van der Waals surface area contributed by atoms with Gasteiger partial charge in [0.2, 0.25) is 0 Å². The Hall–Kier alpha value is -1.06. The topological polar surface area (TPSA) is 30.5 Å². The molecule has 1 aromatic rings. The van der Waals surface area contributed by atoms with Crippen LogP contribution in [0.2, 0.25) is 0 Å². The van der Waals surface area contributed by atoms with Gasteiger partial charge in [-0.25, -0.2) is 0 Å². The summed E-state index contributed by atoms with van der Waals surface area (Å²) in [7, 11) is 3.67. The molecule has 1 aliphatic carbocycles. The van der Waals surface area contributed by atoms with Crippen molar-refractivity contribution in [3.63, 3.8) is 0 Å². The summed E-state index contributed by atoms with van der Waals surface area (Å²) in [5.41, 5.74) is 1.24. The first-order valence-electron chi connectivity index (χ1n) is 6.71. The molecule has 1 N–H and O–H groups in total. The number of ether oxygens (including phenoxy) is 2. The SMILES string of the molecule is CNC(c1ccc(OC)cc1)C(C)OC1CCC1. The molecule has 0 radical (unpaired) electrons. The molecule has 18 heavy (non-hydrogen) atoms. The van der Waals surface area contributed by atoms with Crippen molar-refractivity contribution in [3.05, 3.63) is 29.8 Å².